The Morgan fingerprint density at radius 3 is 2.65 bits per heavy atom. The molecule has 1 heterocycles. The fourth-order valence-electron chi connectivity index (χ4n) is 4.12. The highest BCUT2D eigenvalue weighted by molar-refractivity contribution is 5.88. The standard InChI is InChI=1S/C17H28N2O4/c1-3-6-13(10-20)18-11(2)16(21)19-14-8-5-4-7-12(14)9-15(19)17(22)23/h10-15,18H,3-9H2,1-2H3,(H,22,23)/t11-,12?,13-,14?,15-/m0/s1. The van der Waals surface area contributed by atoms with Crippen molar-refractivity contribution in [1.82, 2.24) is 10.2 Å². The molecular formula is C17H28N2O4. The minimum absolute atomic E-state index is 0.0439. The third-order valence-electron chi connectivity index (χ3n) is 5.23. The molecule has 0 aromatic heterocycles. The summed E-state index contributed by atoms with van der Waals surface area (Å²) in [7, 11) is 0. The third-order valence-corrected chi connectivity index (χ3v) is 5.23. The second kappa shape index (κ2) is 7.90. The van der Waals surface area contributed by atoms with E-state index in [9.17, 15) is 19.5 Å². The average Bonchev–Trinajstić information content (AvgIpc) is 2.93. The number of carboxylic acids is 1. The van der Waals surface area contributed by atoms with Gasteiger partial charge in [-0.1, -0.05) is 26.2 Å². The Morgan fingerprint density at radius 2 is 2.04 bits per heavy atom. The summed E-state index contributed by atoms with van der Waals surface area (Å²) < 4.78 is 0. The molecule has 0 spiro atoms. The molecule has 1 amide bonds. The van der Waals surface area contributed by atoms with Crippen molar-refractivity contribution < 1.29 is 19.5 Å². The molecule has 0 bridgehead atoms. The summed E-state index contributed by atoms with van der Waals surface area (Å²) in [6.45, 7) is 3.71. The van der Waals surface area contributed by atoms with Crippen molar-refractivity contribution >= 4 is 18.2 Å². The van der Waals surface area contributed by atoms with Crippen LogP contribution in [0.3, 0.4) is 0 Å². The number of fused-ring (bicyclic) bond motifs is 1. The van der Waals surface area contributed by atoms with Crippen molar-refractivity contribution in [2.24, 2.45) is 5.92 Å². The lowest BCUT2D eigenvalue weighted by Gasteiger charge is -2.35. The second-order valence-electron chi connectivity index (χ2n) is 6.87. The SMILES string of the molecule is CCC[C@@H](C=O)N[C@@H](C)C(=O)N1C2CCCCC2C[C@H]1C(=O)O. The minimum Gasteiger partial charge on any atom is -0.480 e. The highest BCUT2D eigenvalue weighted by atomic mass is 16.4. The summed E-state index contributed by atoms with van der Waals surface area (Å²) in [5, 5.41) is 12.6. The van der Waals surface area contributed by atoms with Crippen molar-refractivity contribution in [1.29, 1.82) is 0 Å². The number of carboxylic acid groups (broad SMARTS) is 1. The van der Waals surface area contributed by atoms with E-state index < -0.39 is 18.1 Å². The quantitative estimate of drug-likeness (QED) is 0.694. The fourth-order valence-corrected chi connectivity index (χ4v) is 4.12. The van der Waals surface area contributed by atoms with Crippen LogP contribution in [-0.4, -0.2) is 52.3 Å². The van der Waals surface area contributed by atoms with Gasteiger partial charge in [-0.2, -0.15) is 0 Å². The normalized spacial score (nSPS) is 29.7. The number of rotatable bonds is 7. The number of nitrogens with one attached hydrogen (secondary N) is 1. The Morgan fingerprint density at radius 1 is 1.35 bits per heavy atom. The van der Waals surface area contributed by atoms with Crippen molar-refractivity contribution in [3.63, 3.8) is 0 Å². The Labute approximate surface area is 137 Å². The molecule has 2 N–H and O–H groups in total. The maximum atomic E-state index is 12.9. The highest BCUT2D eigenvalue weighted by Crippen LogP contribution is 2.40. The number of aldehydes is 1. The Balaban J connectivity index is 2.10. The van der Waals surface area contributed by atoms with E-state index in [1.807, 2.05) is 6.92 Å². The molecule has 130 valence electrons. The van der Waals surface area contributed by atoms with Crippen LogP contribution in [0.4, 0.5) is 0 Å². The van der Waals surface area contributed by atoms with Gasteiger partial charge in [0.2, 0.25) is 5.91 Å². The Hall–Kier alpha value is -1.43. The van der Waals surface area contributed by atoms with Crippen LogP contribution < -0.4 is 5.32 Å². The van der Waals surface area contributed by atoms with Crippen LogP contribution in [0.5, 0.6) is 0 Å². The van der Waals surface area contributed by atoms with Gasteiger partial charge in [0, 0.05) is 6.04 Å². The zero-order valence-electron chi connectivity index (χ0n) is 14.0. The van der Waals surface area contributed by atoms with Crippen molar-refractivity contribution in [2.75, 3.05) is 0 Å². The molecule has 1 saturated heterocycles. The molecule has 2 fully saturated rings. The van der Waals surface area contributed by atoms with E-state index in [-0.39, 0.29) is 18.0 Å². The molecular weight excluding hydrogens is 296 g/mol. The number of hydrogen-bond acceptors (Lipinski definition) is 4. The third kappa shape index (κ3) is 3.91. The number of hydrogen-bond donors (Lipinski definition) is 2. The molecule has 1 aliphatic heterocycles. The topological polar surface area (TPSA) is 86.7 Å². The van der Waals surface area contributed by atoms with Crippen LogP contribution in [0.15, 0.2) is 0 Å². The van der Waals surface area contributed by atoms with E-state index >= 15 is 0 Å². The number of nitrogens with zero attached hydrogens (tertiary/aromatic N) is 1. The van der Waals surface area contributed by atoms with Crippen molar-refractivity contribution in [2.45, 2.75) is 83.0 Å². The Bertz CT molecular complexity index is 454. The summed E-state index contributed by atoms with van der Waals surface area (Å²) in [4.78, 5) is 37.1. The summed E-state index contributed by atoms with van der Waals surface area (Å²) in [6, 6.07) is -1.57. The van der Waals surface area contributed by atoms with E-state index in [2.05, 4.69) is 5.32 Å². The van der Waals surface area contributed by atoms with Gasteiger partial charge in [0.1, 0.15) is 12.3 Å². The fraction of sp³-hybridized carbons (Fsp3) is 0.824. The average molecular weight is 324 g/mol. The van der Waals surface area contributed by atoms with Crippen LogP contribution in [0.1, 0.15) is 58.8 Å². The number of carbonyl (C=O) groups excluding carboxylic acids is 2. The van der Waals surface area contributed by atoms with Gasteiger partial charge in [-0.05, 0) is 38.5 Å². The molecule has 1 saturated carbocycles. The Kier molecular flexibility index (Phi) is 6.16. The minimum atomic E-state index is -0.916. The van der Waals surface area contributed by atoms with E-state index in [1.165, 1.54) is 0 Å². The van der Waals surface area contributed by atoms with Gasteiger partial charge >= 0.3 is 5.97 Å². The van der Waals surface area contributed by atoms with Gasteiger partial charge in [0.25, 0.3) is 0 Å². The van der Waals surface area contributed by atoms with Crippen LogP contribution in [-0.2, 0) is 14.4 Å². The molecule has 0 aromatic carbocycles. The van der Waals surface area contributed by atoms with Crippen LogP contribution in [0.2, 0.25) is 0 Å². The van der Waals surface area contributed by atoms with Crippen LogP contribution >= 0.6 is 0 Å². The van der Waals surface area contributed by atoms with E-state index in [1.54, 1.807) is 11.8 Å². The first kappa shape index (κ1) is 17.9. The predicted octanol–water partition coefficient (Wildman–Crippen LogP) is 1.58. The lowest BCUT2D eigenvalue weighted by Crippen LogP contribution is -2.54. The van der Waals surface area contributed by atoms with Gasteiger partial charge in [-0.3, -0.25) is 10.1 Å². The van der Waals surface area contributed by atoms with Gasteiger partial charge in [0.15, 0.2) is 0 Å². The van der Waals surface area contributed by atoms with E-state index in [0.717, 1.165) is 38.4 Å². The predicted molar refractivity (Wildman–Crippen MR) is 86.0 cm³/mol. The maximum Gasteiger partial charge on any atom is 0.326 e. The van der Waals surface area contributed by atoms with Crippen molar-refractivity contribution in [3.05, 3.63) is 0 Å². The molecule has 2 unspecified atom stereocenters. The van der Waals surface area contributed by atoms with Crippen molar-refractivity contribution in [3.8, 4) is 0 Å². The number of amides is 1. The summed E-state index contributed by atoms with van der Waals surface area (Å²) >= 11 is 0. The first-order valence-electron chi connectivity index (χ1n) is 8.75. The molecule has 1 aliphatic carbocycles. The molecule has 2 rings (SSSR count). The van der Waals surface area contributed by atoms with E-state index in [0.29, 0.717) is 18.8 Å². The summed E-state index contributed by atoms with van der Waals surface area (Å²) in [5.74, 6) is -0.797. The molecule has 5 atom stereocenters. The summed E-state index contributed by atoms with van der Waals surface area (Å²) in [5.41, 5.74) is 0. The second-order valence-corrected chi connectivity index (χ2v) is 6.87. The zero-order chi connectivity index (χ0) is 17.0. The first-order chi connectivity index (χ1) is 11.0. The first-order valence-corrected chi connectivity index (χ1v) is 8.75. The van der Waals surface area contributed by atoms with Gasteiger partial charge in [-0.15, -0.1) is 0 Å². The molecule has 2 aliphatic rings. The number of aliphatic carboxylic acids is 1. The summed E-state index contributed by atoms with van der Waals surface area (Å²) in [6.07, 6.45) is 6.98. The van der Waals surface area contributed by atoms with E-state index in [4.69, 9.17) is 0 Å². The van der Waals surface area contributed by atoms with Crippen LogP contribution in [0.25, 0.3) is 0 Å². The van der Waals surface area contributed by atoms with Gasteiger partial charge < -0.3 is 14.8 Å². The van der Waals surface area contributed by atoms with Crippen LogP contribution in [0, 0.1) is 5.92 Å². The van der Waals surface area contributed by atoms with Gasteiger partial charge in [0.05, 0.1) is 12.1 Å². The van der Waals surface area contributed by atoms with Gasteiger partial charge in [-0.25, -0.2) is 4.79 Å². The molecule has 0 radical (unpaired) electrons. The smallest absolute Gasteiger partial charge is 0.326 e. The molecule has 23 heavy (non-hydrogen) atoms. The highest BCUT2D eigenvalue weighted by Gasteiger charge is 2.48. The molecule has 6 nitrogen and oxygen atoms in total. The number of likely N-dealkylation sites (tertiary alicyclic amines) is 1. The molecule has 0 aromatic rings. The molecule has 6 heteroatoms. The lowest BCUT2D eigenvalue weighted by molar-refractivity contribution is -0.150. The number of carbonyl (C=O) groups is 3. The zero-order valence-corrected chi connectivity index (χ0v) is 14.0. The monoisotopic (exact) mass is 324 g/mol. The maximum absolute atomic E-state index is 12.9. The lowest BCUT2D eigenvalue weighted by atomic mass is 9.84. The largest absolute Gasteiger partial charge is 0.480 e.